The van der Waals surface area contributed by atoms with Crippen LogP contribution in [0.25, 0.3) is 11.3 Å². The van der Waals surface area contributed by atoms with Gasteiger partial charge in [0.05, 0.1) is 21.9 Å². The van der Waals surface area contributed by atoms with Crippen molar-refractivity contribution in [3.63, 3.8) is 0 Å². The van der Waals surface area contributed by atoms with E-state index >= 15 is 0 Å². The average molecular weight is 546 g/mol. The summed E-state index contributed by atoms with van der Waals surface area (Å²) in [6.07, 6.45) is -9.65. The van der Waals surface area contributed by atoms with Gasteiger partial charge in [0.25, 0.3) is 5.56 Å². The highest BCUT2D eigenvalue weighted by molar-refractivity contribution is 9.10. The Hall–Kier alpha value is -3.86. The summed E-state index contributed by atoms with van der Waals surface area (Å²) in [5.74, 6) is -1.68. The first kappa shape index (κ1) is 24.8. The number of aromatic amines is 1. The SMILES string of the molecule is N#Cc1c(-c2ccccc2)nc(NN=Cc2cc(Br)c(OC(F)(F)F)c(C(F)(F)F)c2)[nH]c1=O. The van der Waals surface area contributed by atoms with Gasteiger partial charge >= 0.3 is 12.5 Å². The lowest BCUT2D eigenvalue weighted by molar-refractivity contribution is -0.276. The molecule has 3 aromatic rings. The highest BCUT2D eigenvalue weighted by Crippen LogP contribution is 2.43. The van der Waals surface area contributed by atoms with Crippen molar-refractivity contribution in [3.8, 4) is 23.1 Å². The van der Waals surface area contributed by atoms with Crippen molar-refractivity contribution in [2.75, 3.05) is 5.43 Å². The van der Waals surface area contributed by atoms with Crippen LogP contribution in [0.4, 0.5) is 32.3 Å². The molecule has 0 fully saturated rings. The Labute approximate surface area is 194 Å². The predicted octanol–water partition coefficient (Wildman–Crippen LogP) is 5.43. The predicted molar refractivity (Wildman–Crippen MR) is 112 cm³/mol. The minimum absolute atomic E-state index is 0.0419. The number of nitrogens with one attached hydrogen (secondary N) is 2. The number of hydrazone groups is 1. The van der Waals surface area contributed by atoms with Gasteiger partial charge in [-0.2, -0.15) is 23.5 Å². The largest absolute Gasteiger partial charge is 0.573 e. The van der Waals surface area contributed by atoms with Crippen molar-refractivity contribution in [1.29, 1.82) is 5.26 Å². The Morgan fingerprint density at radius 2 is 1.82 bits per heavy atom. The molecule has 0 unspecified atom stereocenters. The second-order valence-electron chi connectivity index (χ2n) is 6.41. The lowest BCUT2D eigenvalue weighted by atomic mass is 10.1. The maximum absolute atomic E-state index is 13.3. The first-order valence-corrected chi connectivity index (χ1v) is 9.73. The van der Waals surface area contributed by atoms with Crippen molar-refractivity contribution < 1.29 is 31.1 Å². The van der Waals surface area contributed by atoms with Gasteiger partial charge in [0, 0.05) is 5.56 Å². The molecule has 0 aliphatic heterocycles. The maximum atomic E-state index is 13.3. The van der Waals surface area contributed by atoms with Crippen LogP contribution in [0.3, 0.4) is 0 Å². The number of anilines is 1. The molecule has 0 bridgehead atoms. The minimum atomic E-state index is -5.34. The van der Waals surface area contributed by atoms with Crippen LogP contribution >= 0.6 is 15.9 Å². The number of aromatic nitrogens is 2. The first-order valence-electron chi connectivity index (χ1n) is 8.94. The Morgan fingerprint density at radius 3 is 2.41 bits per heavy atom. The summed E-state index contributed by atoms with van der Waals surface area (Å²) in [6.45, 7) is 0. The molecule has 0 aliphatic carbocycles. The molecule has 0 atom stereocenters. The molecule has 14 heteroatoms. The van der Waals surface area contributed by atoms with Gasteiger partial charge in [0.1, 0.15) is 11.6 Å². The zero-order valence-electron chi connectivity index (χ0n) is 16.4. The van der Waals surface area contributed by atoms with Gasteiger partial charge in [-0.1, -0.05) is 30.3 Å². The van der Waals surface area contributed by atoms with E-state index in [0.717, 1.165) is 12.3 Å². The van der Waals surface area contributed by atoms with Crippen molar-refractivity contribution in [2.45, 2.75) is 12.5 Å². The van der Waals surface area contributed by atoms with E-state index in [1.807, 2.05) is 0 Å². The summed E-state index contributed by atoms with van der Waals surface area (Å²) in [6, 6.07) is 11.3. The fourth-order valence-corrected chi connectivity index (χ4v) is 3.28. The first-order chi connectivity index (χ1) is 15.9. The second-order valence-corrected chi connectivity index (χ2v) is 7.27. The monoisotopic (exact) mass is 545 g/mol. The van der Waals surface area contributed by atoms with Crippen molar-refractivity contribution in [1.82, 2.24) is 9.97 Å². The van der Waals surface area contributed by atoms with E-state index in [-0.39, 0.29) is 22.8 Å². The molecular weight excluding hydrogens is 536 g/mol. The molecule has 0 radical (unpaired) electrons. The van der Waals surface area contributed by atoms with Gasteiger partial charge in [-0.25, -0.2) is 10.4 Å². The molecule has 0 saturated carbocycles. The smallest absolute Gasteiger partial charge is 0.404 e. The van der Waals surface area contributed by atoms with E-state index in [1.54, 1.807) is 36.4 Å². The fraction of sp³-hybridized carbons (Fsp3) is 0.100. The summed E-state index contributed by atoms with van der Waals surface area (Å²) >= 11 is 2.64. The molecule has 1 heterocycles. The molecule has 3 rings (SSSR count). The number of rotatable bonds is 5. The van der Waals surface area contributed by atoms with E-state index in [2.05, 4.69) is 41.2 Å². The van der Waals surface area contributed by atoms with E-state index in [1.165, 1.54) is 0 Å². The molecule has 0 saturated heterocycles. The number of H-pyrrole nitrogens is 1. The van der Waals surface area contributed by atoms with Crippen LogP contribution in [-0.4, -0.2) is 22.5 Å². The number of hydrogen-bond donors (Lipinski definition) is 2. The van der Waals surface area contributed by atoms with E-state index in [0.29, 0.717) is 11.6 Å². The Balaban J connectivity index is 1.94. The molecule has 0 spiro atoms. The lowest BCUT2D eigenvalue weighted by Crippen LogP contribution is -2.20. The van der Waals surface area contributed by atoms with Crippen LogP contribution in [0.5, 0.6) is 5.75 Å². The van der Waals surface area contributed by atoms with Crippen LogP contribution in [0.1, 0.15) is 16.7 Å². The molecule has 2 N–H and O–H groups in total. The Morgan fingerprint density at radius 1 is 1.15 bits per heavy atom. The van der Waals surface area contributed by atoms with Gasteiger partial charge in [0.2, 0.25) is 5.95 Å². The third-order valence-corrected chi connectivity index (χ3v) is 4.64. The number of nitrogens with zero attached hydrogens (tertiary/aromatic N) is 3. The van der Waals surface area contributed by atoms with Crippen LogP contribution in [-0.2, 0) is 6.18 Å². The molecular formula is C20H10BrF6N5O2. The van der Waals surface area contributed by atoms with Crippen molar-refractivity contribution in [3.05, 3.63) is 74.0 Å². The van der Waals surface area contributed by atoms with Crippen LogP contribution < -0.4 is 15.7 Å². The summed E-state index contributed by atoms with van der Waals surface area (Å²) in [4.78, 5) is 18.6. The third kappa shape index (κ3) is 5.93. The topological polar surface area (TPSA) is 103 Å². The Kier molecular flexibility index (Phi) is 6.96. The van der Waals surface area contributed by atoms with Crippen LogP contribution in [0, 0.1) is 11.3 Å². The number of alkyl halides is 6. The minimum Gasteiger partial charge on any atom is -0.404 e. The molecule has 34 heavy (non-hydrogen) atoms. The van der Waals surface area contributed by atoms with Gasteiger partial charge in [-0.15, -0.1) is 13.2 Å². The normalized spacial score (nSPS) is 11.9. The van der Waals surface area contributed by atoms with Crippen LogP contribution in [0.2, 0.25) is 0 Å². The standard InChI is InChI=1S/C20H10BrF6N5O2/c21-14-7-10(6-13(19(22,23)24)16(14)34-20(25,26)27)9-29-32-18-30-15(11-4-2-1-3-5-11)12(8-28)17(33)31-18/h1-7,9H,(H2,30,31,32,33). The molecule has 2 aromatic carbocycles. The maximum Gasteiger partial charge on any atom is 0.573 e. The number of halogens is 7. The highest BCUT2D eigenvalue weighted by atomic mass is 79.9. The van der Waals surface area contributed by atoms with Crippen molar-refractivity contribution in [2.24, 2.45) is 5.10 Å². The average Bonchev–Trinajstić information content (AvgIpc) is 2.74. The fourth-order valence-electron chi connectivity index (χ4n) is 2.72. The zero-order chi connectivity index (χ0) is 25.1. The molecule has 0 amide bonds. The highest BCUT2D eigenvalue weighted by Gasteiger charge is 2.40. The number of benzene rings is 2. The summed E-state index contributed by atoms with van der Waals surface area (Å²) in [5, 5.41) is 12.9. The number of nitriles is 1. The van der Waals surface area contributed by atoms with Crippen molar-refractivity contribution >= 4 is 28.1 Å². The molecule has 176 valence electrons. The summed E-state index contributed by atoms with van der Waals surface area (Å²) in [5.41, 5.74) is -0.176. The second kappa shape index (κ2) is 9.56. The third-order valence-electron chi connectivity index (χ3n) is 4.05. The quantitative estimate of drug-likeness (QED) is 0.252. The summed E-state index contributed by atoms with van der Waals surface area (Å²) in [7, 11) is 0. The molecule has 1 aromatic heterocycles. The van der Waals surface area contributed by atoms with Gasteiger partial charge in [-0.3, -0.25) is 9.78 Å². The molecule has 7 nitrogen and oxygen atoms in total. The van der Waals surface area contributed by atoms with Gasteiger partial charge in [0.15, 0.2) is 5.75 Å². The van der Waals surface area contributed by atoms with Gasteiger partial charge < -0.3 is 4.74 Å². The van der Waals surface area contributed by atoms with Crippen LogP contribution in [0.15, 0.2) is 56.8 Å². The van der Waals surface area contributed by atoms with E-state index in [9.17, 15) is 36.4 Å². The van der Waals surface area contributed by atoms with E-state index < -0.39 is 33.9 Å². The Bertz CT molecular complexity index is 1330. The number of hydrogen-bond acceptors (Lipinski definition) is 6. The van der Waals surface area contributed by atoms with Gasteiger partial charge in [-0.05, 0) is 33.6 Å². The zero-order valence-corrected chi connectivity index (χ0v) is 18.0. The molecule has 0 aliphatic rings. The number of ether oxygens (including phenoxy) is 1. The lowest BCUT2D eigenvalue weighted by Gasteiger charge is -2.17. The summed E-state index contributed by atoms with van der Waals surface area (Å²) < 4.78 is 80.3. The van der Waals surface area contributed by atoms with E-state index in [4.69, 9.17) is 0 Å².